The van der Waals surface area contributed by atoms with Gasteiger partial charge in [0, 0.05) is 38.6 Å². The summed E-state index contributed by atoms with van der Waals surface area (Å²) in [6.45, 7) is 5.31. The minimum absolute atomic E-state index is 0.652. The molecule has 0 radical (unpaired) electrons. The predicted molar refractivity (Wildman–Crippen MR) is 89.5 cm³/mol. The molecule has 1 aromatic carbocycles. The summed E-state index contributed by atoms with van der Waals surface area (Å²) in [6.07, 6.45) is 4.22. The van der Waals surface area contributed by atoms with Gasteiger partial charge in [-0.3, -0.25) is 4.90 Å². The molecule has 0 saturated heterocycles. The van der Waals surface area contributed by atoms with Gasteiger partial charge < -0.3 is 10.1 Å². The molecular formula is C18H22N4. The number of fused-ring (bicyclic) bond motifs is 1. The quantitative estimate of drug-likeness (QED) is 0.760. The number of nitrogens with two attached hydrogens (primary N) is 1. The van der Waals surface area contributed by atoms with Crippen LogP contribution < -0.4 is 5.73 Å². The predicted octanol–water partition coefficient (Wildman–Crippen LogP) is 2.60. The van der Waals surface area contributed by atoms with Crippen LogP contribution in [0, 0.1) is 6.92 Å². The van der Waals surface area contributed by atoms with Crippen molar-refractivity contribution in [2.24, 2.45) is 5.73 Å². The Morgan fingerprint density at radius 2 is 1.86 bits per heavy atom. The zero-order valence-corrected chi connectivity index (χ0v) is 12.9. The first-order valence-electron chi connectivity index (χ1n) is 7.65. The van der Waals surface area contributed by atoms with Crippen molar-refractivity contribution in [3.05, 3.63) is 71.7 Å². The molecule has 0 aliphatic rings. The van der Waals surface area contributed by atoms with Gasteiger partial charge in [0.05, 0.1) is 5.69 Å². The van der Waals surface area contributed by atoms with E-state index in [2.05, 4.69) is 65.0 Å². The van der Waals surface area contributed by atoms with Gasteiger partial charge in [-0.1, -0.05) is 36.4 Å². The largest absolute Gasteiger partial charge is 0.329 e. The second-order valence-electron chi connectivity index (χ2n) is 5.69. The molecule has 0 aliphatic heterocycles. The fraction of sp³-hybridized carbons (Fsp3) is 0.278. The van der Waals surface area contributed by atoms with Crippen LogP contribution >= 0.6 is 0 Å². The van der Waals surface area contributed by atoms with Crippen molar-refractivity contribution in [1.82, 2.24) is 14.3 Å². The van der Waals surface area contributed by atoms with Crippen LogP contribution in [0.4, 0.5) is 0 Å². The van der Waals surface area contributed by atoms with Crippen LogP contribution in [0.3, 0.4) is 0 Å². The molecule has 0 saturated carbocycles. The number of nitrogens with zero attached hydrogens (tertiary/aromatic N) is 3. The smallest absolute Gasteiger partial charge is 0.137 e. The Bertz CT molecular complexity index is 733. The zero-order valence-electron chi connectivity index (χ0n) is 12.9. The van der Waals surface area contributed by atoms with Gasteiger partial charge in [0.25, 0.3) is 0 Å². The van der Waals surface area contributed by atoms with Crippen molar-refractivity contribution in [2.45, 2.75) is 20.0 Å². The van der Waals surface area contributed by atoms with Crippen LogP contribution in [0.15, 0.2) is 54.9 Å². The number of hydrogen-bond donors (Lipinski definition) is 1. The van der Waals surface area contributed by atoms with E-state index in [9.17, 15) is 0 Å². The lowest BCUT2D eigenvalue weighted by atomic mass is 10.2. The number of rotatable bonds is 6. The summed E-state index contributed by atoms with van der Waals surface area (Å²) in [4.78, 5) is 7.04. The maximum atomic E-state index is 5.76. The van der Waals surface area contributed by atoms with E-state index in [0.29, 0.717) is 6.54 Å². The minimum Gasteiger partial charge on any atom is -0.329 e. The van der Waals surface area contributed by atoms with Gasteiger partial charge in [0.15, 0.2) is 0 Å². The highest BCUT2D eigenvalue weighted by Gasteiger charge is 2.09. The maximum Gasteiger partial charge on any atom is 0.137 e. The molecule has 0 aliphatic carbocycles. The standard InChI is InChI=1S/C18H22N4/c1-15-7-8-18-20-17(14-22(18)11-15)13-21(10-9-19)12-16-5-3-2-4-6-16/h2-8,11,14H,9-10,12-13,19H2,1H3. The summed E-state index contributed by atoms with van der Waals surface area (Å²) < 4.78 is 2.09. The summed E-state index contributed by atoms with van der Waals surface area (Å²) in [7, 11) is 0. The van der Waals surface area contributed by atoms with Crippen molar-refractivity contribution in [1.29, 1.82) is 0 Å². The molecule has 0 fully saturated rings. The van der Waals surface area contributed by atoms with E-state index >= 15 is 0 Å². The number of hydrogen-bond acceptors (Lipinski definition) is 3. The third-order valence-corrected chi connectivity index (χ3v) is 3.73. The van der Waals surface area contributed by atoms with E-state index in [4.69, 9.17) is 10.7 Å². The lowest BCUT2D eigenvalue weighted by molar-refractivity contribution is 0.261. The van der Waals surface area contributed by atoms with Crippen LogP contribution in [-0.4, -0.2) is 27.4 Å². The van der Waals surface area contributed by atoms with E-state index in [-0.39, 0.29) is 0 Å². The molecule has 0 unspecified atom stereocenters. The van der Waals surface area contributed by atoms with Crippen molar-refractivity contribution in [3.63, 3.8) is 0 Å². The molecule has 0 bridgehead atoms. The Labute approximate surface area is 131 Å². The summed E-state index contributed by atoms with van der Waals surface area (Å²) in [5.74, 6) is 0. The molecule has 0 amide bonds. The van der Waals surface area contributed by atoms with Crippen molar-refractivity contribution in [3.8, 4) is 0 Å². The molecule has 4 heteroatoms. The second kappa shape index (κ2) is 6.73. The zero-order chi connectivity index (χ0) is 15.4. The van der Waals surface area contributed by atoms with Crippen LogP contribution in [0.2, 0.25) is 0 Å². The number of imidazole rings is 1. The maximum absolute atomic E-state index is 5.76. The SMILES string of the molecule is Cc1ccc2nc(CN(CCN)Cc3ccccc3)cn2c1. The molecule has 3 rings (SSSR count). The van der Waals surface area contributed by atoms with Gasteiger partial charge in [0.1, 0.15) is 5.65 Å². The van der Waals surface area contributed by atoms with Gasteiger partial charge in [-0.05, 0) is 24.1 Å². The van der Waals surface area contributed by atoms with E-state index in [1.807, 2.05) is 6.07 Å². The Kier molecular flexibility index (Phi) is 4.51. The number of aryl methyl sites for hydroxylation is 1. The monoisotopic (exact) mass is 294 g/mol. The highest BCUT2D eigenvalue weighted by Crippen LogP contribution is 2.11. The van der Waals surface area contributed by atoms with E-state index < -0.39 is 0 Å². The first-order valence-corrected chi connectivity index (χ1v) is 7.65. The Hall–Kier alpha value is -2.17. The van der Waals surface area contributed by atoms with Crippen LogP contribution in [-0.2, 0) is 13.1 Å². The second-order valence-corrected chi connectivity index (χ2v) is 5.69. The molecule has 2 heterocycles. The van der Waals surface area contributed by atoms with Crippen LogP contribution in [0.25, 0.3) is 5.65 Å². The molecule has 0 spiro atoms. The molecule has 114 valence electrons. The average molecular weight is 294 g/mol. The van der Waals surface area contributed by atoms with Gasteiger partial charge in [-0.2, -0.15) is 0 Å². The Morgan fingerprint density at radius 1 is 1.05 bits per heavy atom. The van der Waals surface area contributed by atoms with E-state index in [1.54, 1.807) is 0 Å². The van der Waals surface area contributed by atoms with Crippen LogP contribution in [0.1, 0.15) is 16.8 Å². The van der Waals surface area contributed by atoms with Crippen molar-refractivity contribution >= 4 is 5.65 Å². The summed E-state index contributed by atoms with van der Waals surface area (Å²) in [5, 5.41) is 0. The van der Waals surface area contributed by atoms with E-state index in [0.717, 1.165) is 31.0 Å². The van der Waals surface area contributed by atoms with Gasteiger partial charge >= 0.3 is 0 Å². The molecule has 2 N–H and O–H groups in total. The molecule has 0 atom stereocenters. The minimum atomic E-state index is 0.652. The Balaban J connectivity index is 1.76. The van der Waals surface area contributed by atoms with E-state index in [1.165, 1.54) is 11.1 Å². The highest BCUT2D eigenvalue weighted by molar-refractivity contribution is 5.41. The molecular weight excluding hydrogens is 272 g/mol. The van der Waals surface area contributed by atoms with Gasteiger partial charge in [-0.25, -0.2) is 4.98 Å². The molecule has 22 heavy (non-hydrogen) atoms. The number of pyridine rings is 1. The van der Waals surface area contributed by atoms with Crippen LogP contribution in [0.5, 0.6) is 0 Å². The summed E-state index contributed by atoms with van der Waals surface area (Å²) >= 11 is 0. The topological polar surface area (TPSA) is 46.6 Å². The summed E-state index contributed by atoms with van der Waals surface area (Å²) in [6, 6.07) is 14.6. The normalized spacial score (nSPS) is 11.4. The third-order valence-electron chi connectivity index (χ3n) is 3.73. The van der Waals surface area contributed by atoms with Gasteiger partial charge in [-0.15, -0.1) is 0 Å². The summed E-state index contributed by atoms with van der Waals surface area (Å²) in [5.41, 5.74) is 10.4. The highest BCUT2D eigenvalue weighted by atomic mass is 15.1. The lowest BCUT2D eigenvalue weighted by Gasteiger charge is -2.20. The molecule has 4 nitrogen and oxygen atoms in total. The fourth-order valence-electron chi connectivity index (χ4n) is 2.70. The lowest BCUT2D eigenvalue weighted by Crippen LogP contribution is -2.28. The number of aromatic nitrogens is 2. The number of benzene rings is 1. The fourth-order valence-corrected chi connectivity index (χ4v) is 2.70. The Morgan fingerprint density at radius 3 is 2.64 bits per heavy atom. The first kappa shape index (κ1) is 14.8. The molecule has 2 aromatic heterocycles. The van der Waals surface area contributed by atoms with Gasteiger partial charge in [0.2, 0.25) is 0 Å². The average Bonchev–Trinajstić information content (AvgIpc) is 2.90. The van der Waals surface area contributed by atoms with Crippen molar-refractivity contribution < 1.29 is 0 Å². The molecule has 3 aromatic rings. The van der Waals surface area contributed by atoms with Crippen molar-refractivity contribution in [2.75, 3.05) is 13.1 Å². The first-order chi connectivity index (χ1) is 10.7. The third kappa shape index (κ3) is 3.53.